The number of thiazole rings is 2. The van der Waals surface area contributed by atoms with E-state index in [0.29, 0.717) is 111 Å². The summed E-state index contributed by atoms with van der Waals surface area (Å²) >= 11 is 2.69. The zero-order chi connectivity index (χ0) is 56.6. The number of tetrazole rings is 2. The average molecular weight is 1160 g/mol. The standard InChI is InChI=1S/2C27H29N7O4S2/c1-38-19-12-9-17(10-13-19)16-34-26(31-32-33-34)23-20(21-7-5-8-22-24(21)30-27(28)39-22)14-11-18(6-3-2-4-15-35)25(23)40(29,36)37;1-38-19-12-9-17(10-13-19)16-34-32-26(31-33-34)23-20(21-7-5-8-22-24(21)30-27(28)39-22)14-11-18(6-3-2-4-15-35)25(23)40(29,36)37/h2*5,7-14,35H,2-4,6,15-16H2,1H3,(H2,28,30)(H2,29,36,37). The van der Waals surface area contributed by atoms with Crippen molar-refractivity contribution in [2.45, 2.75) is 74.2 Å². The lowest BCUT2D eigenvalue weighted by atomic mass is 9.94. The highest BCUT2D eigenvalue weighted by molar-refractivity contribution is 7.89. The second kappa shape index (κ2) is 25.1. The molecule has 10 N–H and O–H groups in total. The van der Waals surface area contributed by atoms with Gasteiger partial charge in [-0.15, -0.1) is 15.3 Å². The molecule has 0 radical (unpaired) electrons. The molecule has 10 aromatic rings. The number of primary sulfonamides is 2. The highest BCUT2D eigenvalue weighted by Crippen LogP contribution is 2.44. The predicted molar refractivity (Wildman–Crippen MR) is 309 cm³/mol. The minimum atomic E-state index is -4.23. The summed E-state index contributed by atoms with van der Waals surface area (Å²) in [6.07, 6.45) is 5.00. The van der Waals surface area contributed by atoms with Crippen molar-refractivity contribution in [3.05, 3.63) is 131 Å². The first-order chi connectivity index (χ1) is 38.6. The van der Waals surface area contributed by atoms with Crippen LogP contribution in [0.5, 0.6) is 11.5 Å². The lowest BCUT2D eigenvalue weighted by Gasteiger charge is -2.18. The largest absolute Gasteiger partial charge is 0.497 e. The number of fused-ring (bicyclic) bond motifs is 2. The van der Waals surface area contributed by atoms with Crippen LogP contribution >= 0.6 is 22.7 Å². The average Bonchev–Trinajstić information content (AvgIpc) is 4.32. The van der Waals surface area contributed by atoms with Gasteiger partial charge in [0.25, 0.3) is 0 Å². The zero-order valence-corrected chi connectivity index (χ0v) is 46.9. The lowest BCUT2D eigenvalue weighted by Crippen LogP contribution is -2.18. The Labute approximate surface area is 469 Å². The van der Waals surface area contributed by atoms with Gasteiger partial charge in [-0.2, -0.15) is 4.80 Å². The second-order valence-electron chi connectivity index (χ2n) is 18.5. The number of anilines is 2. The summed E-state index contributed by atoms with van der Waals surface area (Å²) in [5.41, 5.74) is 19.3. The van der Waals surface area contributed by atoms with E-state index in [1.165, 1.54) is 27.5 Å². The van der Waals surface area contributed by atoms with Gasteiger partial charge in [0, 0.05) is 29.9 Å². The van der Waals surface area contributed by atoms with Crippen molar-refractivity contribution >= 4 is 73.4 Å². The molecule has 80 heavy (non-hydrogen) atoms. The van der Waals surface area contributed by atoms with Crippen molar-refractivity contribution in [1.82, 2.24) is 50.4 Å². The second-order valence-corrected chi connectivity index (χ2v) is 23.6. The maximum atomic E-state index is 13.3. The number of nitrogens with zero attached hydrogens (tertiary/aromatic N) is 10. The smallest absolute Gasteiger partial charge is 0.239 e. The molecule has 0 aliphatic carbocycles. The Morgan fingerprint density at radius 3 is 1.52 bits per heavy atom. The minimum Gasteiger partial charge on any atom is -0.497 e. The van der Waals surface area contributed by atoms with Crippen LogP contribution in [0.15, 0.2) is 119 Å². The number of ether oxygens (including phenoxy) is 2. The summed E-state index contributed by atoms with van der Waals surface area (Å²) in [6.45, 7) is 0.752. The first kappa shape index (κ1) is 56.9. The van der Waals surface area contributed by atoms with Gasteiger partial charge in [0.2, 0.25) is 25.9 Å². The summed E-state index contributed by atoms with van der Waals surface area (Å²) in [5, 5.41) is 56.4. The maximum absolute atomic E-state index is 13.3. The number of benzene rings is 6. The fraction of sp³-hybridized carbons (Fsp3) is 0.259. The van der Waals surface area contributed by atoms with E-state index in [-0.39, 0.29) is 46.8 Å². The van der Waals surface area contributed by atoms with Crippen LogP contribution < -0.4 is 31.2 Å². The quantitative estimate of drug-likeness (QED) is 0.0365. The maximum Gasteiger partial charge on any atom is 0.239 e. The molecule has 0 fully saturated rings. The van der Waals surface area contributed by atoms with Crippen molar-refractivity contribution in [2.75, 3.05) is 38.9 Å². The molecule has 0 aliphatic rings. The molecule has 0 amide bonds. The van der Waals surface area contributed by atoms with E-state index in [1.807, 2.05) is 97.1 Å². The summed E-state index contributed by atoms with van der Waals surface area (Å²) in [7, 11) is -5.25. The van der Waals surface area contributed by atoms with E-state index < -0.39 is 20.0 Å². The molecule has 0 spiro atoms. The van der Waals surface area contributed by atoms with Gasteiger partial charge in [-0.1, -0.05) is 108 Å². The number of nitrogen functional groups attached to an aromatic ring is 2. The number of unbranched alkanes of at least 4 members (excludes halogenated alkanes) is 4. The van der Waals surface area contributed by atoms with Crippen LogP contribution in [0.3, 0.4) is 0 Å². The molecule has 0 aliphatic heterocycles. The third kappa shape index (κ3) is 12.9. The van der Waals surface area contributed by atoms with Crippen LogP contribution in [0, 0.1) is 0 Å². The Morgan fingerprint density at radius 2 is 1.04 bits per heavy atom. The van der Waals surface area contributed by atoms with Crippen LogP contribution in [0.1, 0.15) is 60.8 Å². The van der Waals surface area contributed by atoms with E-state index in [2.05, 4.69) is 40.9 Å². The van der Waals surface area contributed by atoms with Crippen molar-refractivity contribution in [3.63, 3.8) is 0 Å². The SMILES string of the molecule is COc1ccc(Cn2nnc(-c3c(-c4cccc5sc(N)nc45)ccc(CCCCCO)c3S(N)(=O)=O)n2)cc1.COc1ccc(Cn2nnnc2-c2c(-c3cccc4sc(N)nc34)ccc(CCCCCO)c2S(N)(=O)=O)cc1. The molecular formula is C54H58N14O8S4. The van der Waals surface area contributed by atoms with Gasteiger partial charge in [0.15, 0.2) is 16.1 Å². The Morgan fingerprint density at radius 1 is 0.550 bits per heavy atom. The van der Waals surface area contributed by atoms with Gasteiger partial charge in [-0.25, -0.2) is 41.8 Å². The monoisotopic (exact) mass is 1160 g/mol. The molecule has 22 nitrogen and oxygen atoms in total. The normalized spacial score (nSPS) is 11.8. The molecular weight excluding hydrogens is 1100 g/mol. The van der Waals surface area contributed by atoms with Gasteiger partial charge < -0.3 is 31.2 Å². The number of hydrogen-bond donors (Lipinski definition) is 6. The number of hydrogen-bond acceptors (Lipinski definition) is 20. The van der Waals surface area contributed by atoms with Crippen molar-refractivity contribution in [3.8, 4) is 56.5 Å². The molecule has 0 bridgehead atoms. The van der Waals surface area contributed by atoms with Crippen molar-refractivity contribution in [2.24, 2.45) is 10.3 Å². The number of aromatic nitrogens is 10. The van der Waals surface area contributed by atoms with Gasteiger partial charge in [0.05, 0.1) is 63.1 Å². The molecule has 0 unspecified atom stereocenters. The molecule has 0 saturated heterocycles. The number of rotatable bonds is 22. The van der Waals surface area contributed by atoms with Crippen LogP contribution in [0.2, 0.25) is 0 Å². The molecule has 6 aromatic carbocycles. The Bertz CT molecular complexity index is 4020. The summed E-state index contributed by atoms with van der Waals surface area (Å²) in [5.74, 6) is 1.83. The summed E-state index contributed by atoms with van der Waals surface area (Å²) < 4.78 is 66.6. The highest BCUT2D eigenvalue weighted by atomic mass is 32.2. The lowest BCUT2D eigenvalue weighted by molar-refractivity contribution is 0.283. The molecule has 0 saturated carbocycles. The van der Waals surface area contributed by atoms with Gasteiger partial charge in [-0.3, -0.25) is 0 Å². The molecule has 26 heteroatoms. The number of sulfonamides is 2. The number of para-hydroxylation sites is 2. The van der Waals surface area contributed by atoms with E-state index in [0.717, 1.165) is 39.1 Å². The Kier molecular flexibility index (Phi) is 17.8. The molecule has 4 aromatic heterocycles. The number of aryl methyl sites for hydroxylation is 2. The summed E-state index contributed by atoms with van der Waals surface area (Å²) in [4.78, 5) is 10.4. The number of methoxy groups -OCH3 is 2. The van der Waals surface area contributed by atoms with Crippen LogP contribution in [-0.2, 0) is 46.0 Å². The van der Waals surface area contributed by atoms with Crippen LogP contribution in [0.4, 0.5) is 10.3 Å². The van der Waals surface area contributed by atoms with E-state index >= 15 is 0 Å². The van der Waals surface area contributed by atoms with Crippen molar-refractivity contribution < 1.29 is 36.5 Å². The Balaban J connectivity index is 0.000000194. The first-order valence-electron chi connectivity index (χ1n) is 25.3. The fourth-order valence-corrected chi connectivity index (χ4v) is 13.0. The number of aliphatic hydroxyl groups excluding tert-OH is 2. The Hall–Kier alpha value is -7.82. The third-order valence-corrected chi connectivity index (χ3v) is 16.9. The minimum absolute atomic E-state index is 0.0278. The van der Waals surface area contributed by atoms with Gasteiger partial charge in [0.1, 0.15) is 11.5 Å². The summed E-state index contributed by atoms with van der Waals surface area (Å²) in [6, 6.07) is 33.5. The van der Waals surface area contributed by atoms with Gasteiger partial charge in [-0.05, 0) is 124 Å². The van der Waals surface area contributed by atoms with Crippen LogP contribution in [-0.4, -0.2) is 105 Å². The zero-order valence-electron chi connectivity index (χ0n) is 43.6. The molecule has 4 heterocycles. The number of aliphatic hydroxyl groups is 2. The van der Waals surface area contributed by atoms with E-state index in [9.17, 15) is 21.9 Å². The molecule has 0 atom stereocenters. The van der Waals surface area contributed by atoms with E-state index in [4.69, 9.17) is 36.3 Å². The van der Waals surface area contributed by atoms with Crippen molar-refractivity contribution in [1.29, 1.82) is 0 Å². The number of nitrogens with two attached hydrogens (primary N) is 4. The van der Waals surface area contributed by atoms with Gasteiger partial charge >= 0.3 is 0 Å². The topological polar surface area (TPSA) is 344 Å². The van der Waals surface area contributed by atoms with E-state index in [1.54, 1.807) is 31.0 Å². The fourth-order valence-electron chi connectivity index (χ4n) is 9.46. The first-order valence-corrected chi connectivity index (χ1v) is 30.0. The van der Waals surface area contributed by atoms with Crippen LogP contribution in [0.25, 0.3) is 65.5 Å². The molecule has 10 rings (SSSR count). The predicted octanol–water partition coefficient (Wildman–Crippen LogP) is 7.22. The highest BCUT2D eigenvalue weighted by Gasteiger charge is 2.30. The third-order valence-electron chi connectivity index (χ3n) is 13.1. The molecule has 416 valence electrons.